The molecule has 574 valence electrons. The average Bonchev–Trinajstić information content (AvgIpc) is 0.727. The Hall–Kier alpha value is -16.2. The Morgan fingerprint density at radius 2 is 0.736 bits per heavy atom. The van der Waals surface area contributed by atoms with Gasteiger partial charge in [-0.3, -0.25) is 52.9 Å². The number of aromatic nitrogens is 5. The van der Waals surface area contributed by atoms with E-state index in [1.54, 1.807) is 163 Å². The molecule has 1 aliphatic heterocycles. The van der Waals surface area contributed by atoms with Crippen molar-refractivity contribution in [2.45, 2.75) is 9.79 Å². The summed E-state index contributed by atoms with van der Waals surface area (Å²) in [5, 5.41) is 7.66. The van der Waals surface area contributed by atoms with Gasteiger partial charge in [0.2, 0.25) is 15.4 Å². The van der Waals surface area contributed by atoms with Gasteiger partial charge in [0.15, 0.2) is 51.3 Å². The molecule has 15 aromatic carbocycles. The second kappa shape index (κ2) is 29.2. The number of para-hydroxylation sites is 2. The first-order valence-electron chi connectivity index (χ1n) is 38.3. The highest BCUT2D eigenvalue weighted by molar-refractivity contribution is 7.92. The number of nitrogens with one attached hydrogen (secondary N) is 3. The Bertz CT molecular complexity index is 7980. The number of H-pyrrole nitrogens is 2. The molecular formula is C101H56N6O12S2. The van der Waals surface area contributed by atoms with Gasteiger partial charge in [-0.25, -0.2) is 18.4 Å². The molecule has 0 saturated carbocycles. The topological polar surface area (TPSA) is 287 Å². The monoisotopic (exact) mass is 1610 g/mol. The van der Waals surface area contributed by atoms with Gasteiger partial charge in [-0.05, 0) is 95.1 Å². The molecule has 5 aliphatic carbocycles. The van der Waals surface area contributed by atoms with Gasteiger partial charge >= 0.3 is 0 Å². The number of sulfone groups is 1. The van der Waals surface area contributed by atoms with E-state index in [0.29, 0.717) is 77.3 Å². The predicted octanol–water partition coefficient (Wildman–Crippen LogP) is 19.3. The third-order valence-corrected chi connectivity index (χ3v) is 25.4. The van der Waals surface area contributed by atoms with E-state index in [2.05, 4.69) is 30.2 Å². The maximum atomic E-state index is 13.1. The Morgan fingerprint density at radius 3 is 1.36 bits per heavy atom. The van der Waals surface area contributed by atoms with Crippen molar-refractivity contribution in [1.82, 2.24) is 24.9 Å². The second-order valence-corrected chi connectivity index (χ2v) is 32.1. The molecule has 19 aromatic rings. The number of hydrogen-bond acceptors (Lipinski definition) is 17. The summed E-state index contributed by atoms with van der Waals surface area (Å²) in [4.78, 5) is 144. The van der Waals surface area contributed by atoms with E-state index < -0.39 is 9.84 Å². The molecule has 0 saturated heterocycles. The number of aromatic amines is 2. The fourth-order valence-electron chi connectivity index (χ4n) is 16.9. The summed E-state index contributed by atoms with van der Waals surface area (Å²) in [5.74, 6) is -0.599. The average molecular weight is 1610 g/mol. The number of rotatable bonds is 0. The van der Waals surface area contributed by atoms with Crippen LogP contribution in [0.1, 0.15) is 111 Å². The molecule has 18 nitrogen and oxygen atoms in total. The van der Waals surface area contributed by atoms with Crippen LogP contribution < -0.4 is 21.7 Å². The summed E-state index contributed by atoms with van der Waals surface area (Å²) in [7, 11) is -3.78. The van der Waals surface area contributed by atoms with Crippen LogP contribution in [0.5, 0.6) is 0 Å². The SMILES string of the molecule is O=C1c2ccccc2-c2cc(=O)[nH]c3cccc1c23.O=C1c2ccccc2-c2ccnc3cccc1c23.O=C1c2ccccc2-c2ncnc3cccc1c23.O=C1c2ccccc2C(=O)c2c1ccc1c2Nc2ccccc2S1(=O)=O.O=C1c2ccccc2C(=O)c2ccccc21.O=c1c2ccccc2c(=O)c2c1ccc1sc3ccccc3[nH]c12. The van der Waals surface area contributed by atoms with Crippen molar-refractivity contribution in [1.29, 1.82) is 0 Å². The van der Waals surface area contributed by atoms with E-state index in [1.807, 2.05) is 152 Å². The first-order valence-corrected chi connectivity index (χ1v) is 40.6. The normalized spacial score (nSPS) is 13.2. The van der Waals surface area contributed by atoms with Gasteiger partial charge in [0.1, 0.15) is 6.33 Å². The van der Waals surface area contributed by atoms with Crippen LogP contribution in [0.4, 0.5) is 11.4 Å². The molecule has 3 N–H and O–H groups in total. The molecule has 0 bridgehead atoms. The van der Waals surface area contributed by atoms with Crippen molar-refractivity contribution in [2.24, 2.45) is 0 Å². The lowest BCUT2D eigenvalue weighted by atomic mass is 9.83. The zero-order valence-corrected chi connectivity index (χ0v) is 64.8. The number of anilines is 2. The smallest absolute Gasteiger partial charge is 0.249 e. The van der Waals surface area contributed by atoms with Crippen LogP contribution in [-0.4, -0.2) is 73.8 Å². The molecule has 25 rings (SSSR count). The van der Waals surface area contributed by atoms with Gasteiger partial charge < -0.3 is 15.3 Å². The minimum atomic E-state index is -3.78. The van der Waals surface area contributed by atoms with Crippen LogP contribution in [0.25, 0.3) is 108 Å². The highest BCUT2D eigenvalue weighted by Gasteiger charge is 2.39. The zero-order valence-electron chi connectivity index (χ0n) is 63.2. The third-order valence-electron chi connectivity index (χ3n) is 22.4. The molecule has 0 radical (unpaired) electrons. The maximum Gasteiger partial charge on any atom is 0.249 e. The minimum Gasteiger partial charge on any atom is -0.353 e. The fourth-order valence-corrected chi connectivity index (χ4v) is 19.5. The molecule has 121 heavy (non-hydrogen) atoms. The molecular weight excluding hydrogens is 1550 g/mol. The van der Waals surface area contributed by atoms with Crippen LogP contribution >= 0.6 is 11.3 Å². The van der Waals surface area contributed by atoms with Gasteiger partial charge in [-0.1, -0.05) is 231 Å². The molecule has 5 heterocycles. The molecule has 0 unspecified atom stereocenters. The van der Waals surface area contributed by atoms with E-state index >= 15 is 0 Å². The lowest BCUT2D eigenvalue weighted by molar-refractivity contribution is 0.0979. The summed E-state index contributed by atoms with van der Waals surface area (Å²) in [6.45, 7) is 0. The minimum absolute atomic E-state index is 0.00970. The van der Waals surface area contributed by atoms with Gasteiger partial charge in [-0.15, -0.1) is 11.3 Å². The molecule has 4 aromatic heterocycles. The lowest BCUT2D eigenvalue weighted by Crippen LogP contribution is -2.25. The standard InChI is InChI=1S/C20H11NO4S.C20H11NO2S.C16H9NO2.C16H9NO.C15H8N2O.C14H8O2/c22-19-11-5-1-2-6-12(11)20(23)17-13(19)9-10-16-18(17)21-14-7-3-4-8-15(14)26(16,24)25;22-19-11-5-1-2-6-12(11)20(23)17-13(19)9-10-16-18(17)21-14-7-3-4-8-15(14)24-16;18-14-8-12-9-4-1-2-5-10(9)16(19)11-6-3-7-13(17-14)15(11)12;18-16-12-5-2-1-4-10(12)11-8-9-17-14-7-3-6-13(16)15(11)14;18-15-10-5-2-1-4-9(10)14-13-11(15)6-3-7-12(13)16-8-17-14;15-13-9-5-1-2-6-10(9)14(16)12-8-4-3-7-11(12)13/h1-10,21H;1-10,21H;1-8H,(H,17,18);1-9H;1-8H;1-8H. The Labute approximate surface area is 689 Å². The summed E-state index contributed by atoms with van der Waals surface area (Å²) in [6.07, 6.45) is 3.35. The number of nitrogens with zero attached hydrogens (tertiary/aromatic N) is 3. The molecule has 0 fully saturated rings. The molecule has 0 spiro atoms. The maximum absolute atomic E-state index is 13.1. The van der Waals surface area contributed by atoms with E-state index in [1.165, 1.54) is 18.2 Å². The Kier molecular flexibility index (Phi) is 17.8. The highest BCUT2D eigenvalue weighted by Crippen LogP contribution is 2.46. The van der Waals surface area contributed by atoms with Crippen molar-refractivity contribution in [2.75, 3.05) is 5.32 Å². The van der Waals surface area contributed by atoms with Crippen LogP contribution in [0.15, 0.2) is 346 Å². The van der Waals surface area contributed by atoms with Crippen LogP contribution in [0.2, 0.25) is 0 Å². The van der Waals surface area contributed by atoms with Crippen LogP contribution in [0.3, 0.4) is 0 Å². The third kappa shape index (κ3) is 12.1. The van der Waals surface area contributed by atoms with Crippen molar-refractivity contribution >= 4 is 148 Å². The molecule has 6 aliphatic rings. The van der Waals surface area contributed by atoms with Crippen molar-refractivity contribution in [3.05, 3.63) is 431 Å². The van der Waals surface area contributed by atoms with E-state index in [-0.39, 0.29) is 89.1 Å². The van der Waals surface area contributed by atoms with Gasteiger partial charge in [0, 0.05) is 128 Å². The summed E-state index contributed by atoms with van der Waals surface area (Å²) in [6, 6.07) is 91.6. The van der Waals surface area contributed by atoms with Crippen molar-refractivity contribution in [3.8, 4) is 33.5 Å². The molecule has 0 atom stereocenters. The fraction of sp³-hybridized carbons (Fsp3) is 0. The predicted molar refractivity (Wildman–Crippen MR) is 468 cm³/mol. The lowest BCUT2D eigenvalue weighted by Gasteiger charge is -2.27. The first kappa shape index (κ1) is 73.7. The number of ketones is 7. The highest BCUT2D eigenvalue weighted by atomic mass is 32.2. The summed E-state index contributed by atoms with van der Waals surface area (Å²) < 4.78 is 28.0. The number of pyridine rings is 2. The quantitative estimate of drug-likeness (QED) is 0.0939. The Morgan fingerprint density at radius 1 is 0.281 bits per heavy atom. The first-order chi connectivity index (χ1) is 59.0. The molecule has 20 heteroatoms. The van der Waals surface area contributed by atoms with Gasteiger partial charge in [-0.2, -0.15) is 0 Å². The number of hydrogen-bond donors (Lipinski definition) is 3. The largest absolute Gasteiger partial charge is 0.353 e. The Balaban J connectivity index is 0.0000000933. The van der Waals surface area contributed by atoms with Crippen molar-refractivity contribution in [3.63, 3.8) is 0 Å². The van der Waals surface area contributed by atoms with E-state index in [4.69, 9.17) is 0 Å². The summed E-state index contributed by atoms with van der Waals surface area (Å²) >= 11 is 1.61. The van der Waals surface area contributed by atoms with Crippen LogP contribution in [0, 0.1) is 0 Å². The number of benzene rings is 15. The zero-order chi connectivity index (χ0) is 82.6. The second-order valence-electron chi connectivity index (χ2n) is 29.1. The van der Waals surface area contributed by atoms with E-state index in [0.717, 1.165) is 97.8 Å². The van der Waals surface area contributed by atoms with Gasteiger partial charge in [0.25, 0.3) is 0 Å². The van der Waals surface area contributed by atoms with Gasteiger partial charge in [0.05, 0.1) is 69.3 Å². The molecule has 0 amide bonds. The number of fused-ring (bicyclic) bond motifs is 18. The summed E-state index contributed by atoms with van der Waals surface area (Å²) in [5.41, 5.74) is 17.1. The van der Waals surface area contributed by atoms with E-state index in [9.17, 15) is 56.4 Å². The van der Waals surface area contributed by atoms with Crippen LogP contribution in [-0.2, 0) is 9.84 Å². The number of carbonyl (C=O) groups is 7. The van der Waals surface area contributed by atoms with Crippen molar-refractivity contribution < 1.29 is 42.0 Å². The number of carbonyl (C=O) groups excluding carboxylic acids is 7.